The maximum atomic E-state index is 12.4. The highest BCUT2D eigenvalue weighted by molar-refractivity contribution is 9.10. The largest absolute Gasteiger partial charge is 0.492 e. The van der Waals surface area contributed by atoms with Crippen LogP contribution in [0, 0.1) is 11.8 Å². The van der Waals surface area contributed by atoms with Crippen molar-refractivity contribution in [1.82, 2.24) is 0 Å². The topological polar surface area (TPSA) is 55.4 Å². The van der Waals surface area contributed by atoms with Gasteiger partial charge in [-0.05, 0) is 37.0 Å². The van der Waals surface area contributed by atoms with Gasteiger partial charge in [-0.2, -0.15) is 0 Å². The normalized spacial score (nSPS) is 12.3. The summed E-state index contributed by atoms with van der Waals surface area (Å²) in [6.45, 7) is 10.3. The molecule has 4 nitrogen and oxygen atoms in total. The number of ether oxygens (including phenoxy) is 1. The smallest absolute Gasteiger partial charge is 0.224 e. The molecule has 0 spiro atoms. The van der Waals surface area contributed by atoms with Crippen LogP contribution in [0.4, 0.5) is 5.69 Å². The van der Waals surface area contributed by atoms with Gasteiger partial charge in [0.05, 0.1) is 17.1 Å². The van der Waals surface area contributed by atoms with Crippen LogP contribution in [0.5, 0.6) is 5.75 Å². The van der Waals surface area contributed by atoms with Crippen molar-refractivity contribution in [2.75, 3.05) is 11.9 Å². The summed E-state index contributed by atoms with van der Waals surface area (Å²) >= 11 is 3.43. The Bertz CT molecular complexity index is 555. The molecule has 1 rings (SSSR count). The van der Waals surface area contributed by atoms with Crippen LogP contribution in [0.25, 0.3) is 0 Å². The maximum Gasteiger partial charge on any atom is 0.224 e. The number of hydrogen-bond donors (Lipinski definition) is 1. The summed E-state index contributed by atoms with van der Waals surface area (Å²) in [7, 11) is 0. The molecule has 0 saturated heterocycles. The Morgan fingerprint density at radius 3 is 2.39 bits per heavy atom. The van der Waals surface area contributed by atoms with E-state index in [2.05, 4.69) is 21.2 Å². The van der Waals surface area contributed by atoms with Crippen LogP contribution in [-0.4, -0.2) is 23.1 Å². The third-order valence-corrected chi connectivity index (χ3v) is 4.74. The average molecular weight is 384 g/mol. The number of carbonyl (C=O) groups is 2. The second-order valence-electron chi connectivity index (χ2n) is 6.30. The molecule has 23 heavy (non-hydrogen) atoms. The average Bonchev–Trinajstić information content (AvgIpc) is 2.46. The van der Waals surface area contributed by atoms with E-state index in [-0.39, 0.29) is 28.4 Å². The van der Waals surface area contributed by atoms with Crippen molar-refractivity contribution < 1.29 is 14.3 Å². The van der Waals surface area contributed by atoms with Gasteiger partial charge in [-0.3, -0.25) is 9.59 Å². The Balaban J connectivity index is 3.02. The summed E-state index contributed by atoms with van der Waals surface area (Å²) in [5.74, 6) is 0.968. The number of nitrogens with one attached hydrogen (secondary N) is 1. The summed E-state index contributed by atoms with van der Waals surface area (Å²) in [4.78, 5) is 24.1. The zero-order chi connectivity index (χ0) is 17.6. The van der Waals surface area contributed by atoms with Gasteiger partial charge < -0.3 is 10.1 Å². The van der Waals surface area contributed by atoms with Gasteiger partial charge in [0.2, 0.25) is 5.91 Å². The second-order valence-corrected chi connectivity index (χ2v) is 7.29. The molecule has 0 aliphatic rings. The van der Waals surface area contributed by atoms with Gasteiger partial charge in [0.1, 0.15) is 5.75 Å². The molecule has 1 atom stereocenters. The monoisotopic (exact) mass is 383 g/mol. The van der Waals surface area contributed by atoms with E-state index in [1.54, 1.807) is 18.2 Å². The Hall–Kier alpha value is -1.36. The number of benzene rings is 1. The number of anilines is 1. The van der Waals surface area contributed by atoms with Gasteiger partial charge in [-0.1, -0.05) is 43.6 Å². The minimum Gasteiger partial charge on any atom is -0.492 e. The quantitative estimate of drug-likeness (QED) is 0.523. The van der Waals surface area contributed by atoms with Crippen molar-refractivity contribution in [3.63, 3.8) is 0 Å². The Kier molecular flexibility index (Phi) is 7.76. The number of halogens is 1. The molecule has 0 saturated carbocycles. The van der Waals surface area contributed by atoms with Gasteiger partial charge in [0.15, 0.2) is 5.78 Å². The van der Waals surface area contributed by atoms with E-state index >= 15 is 0 Å². The molecular weight excluding hydrogens is 358 g/mol. The number of rotatable bonds is 8. The van der Waals surface area contributed by atoms with Gasteiger partial charge in [-0.25, -0.2) is 0 Å². The van der Waals surface area contributed by atoms with E-state index in [4.69, 9.17) is 4.74 Å². The fraction of sp³-hybridized carbons (Fsp3) is 0.556. The molecule has 1 aromatic carbocycles. The van der Waals surface area contributed by atoms with Gasteiger partial charge in [-0.15, -0.1) is 0 Å². The summed E-state index contributed by atoms with van der Waals surface area (Å²) in [5, 5.41) is 2.86. The molecule has 1 N–H and O–H groups in total. The van der Waals surface area contributed by atoms with E-state index in [9.17, 15) is 9.59 Å². The lowest BCUT2D eigenvalue weighted by Gasteiger charge is -2.16. The molecule has 128 valence electrons. The van der Waals surface area contributed by atoms with Crippen LogP contribution >= 0.6 is 15.9 Å². The minimum atomic E-state index is -0.238. The molecule has 0 bridgehead atoms. The number of carbonyl (C=O) groups excluding carboxylic acids is 2. The summed E-state index contributed by atoms with van der Waals surface area (Å²) in [5.41, 5.74) is 1.18. The molecule has 0 fully saturated rings. The lowest BCUT2D eigenvalue weighted by molar-refractivity contribution is -0.116. The lowest BCUT2D eigenvalue weighted by atomic mass is 10.0. The summed E-state index contributed by atoms with van der Waals surface area (Å²) in [6, 6.07) is 5.16. The number of hydrogen-bond acceptors (Lipinski definition) is 3. The fourth-order valence-corrected chi connectivity index (χ4v) is 2.35. The molecule has 0 radical (unpaired) electrons. The van der Waals surface area contributed by atoms with Crippen LogP contribution in [0.3, 0.4) is 0 Å². The van der Waals surface area contributed by atoms with Crippen LogP contribution in [0.2, 0.25) is 0 Å². The van der Waals surface area contributed by atoms with E-state index in [1.165, 1.54) is 0 Å². The van der Waals surface area contributed by atoms with E-state index in [0.717, 1.165) is 0 Å². The highest BCUT2D eigenvalue weighted by Crippen LogP contribution is 2.28. The third-order valence-electron chi connectivity index (χ3n) is 3.27. The molecule has 1 amide bonds. The van der Waals surface area contributed by atoms with Crippen LogP contribution in [0.15, 0.2) is 18.2 Å². The standard InChI is InChI=1S/C18H26BrNO3/c1-6-23-15-10-13(18(22)17(19)12(4)5)7-8-14(15)20-16(21)9-11(2)3/h7-8,10-12,17H,6,9H2,1-5H3,(H,20,21). The predicted octanol–water partition coefficient (Wildman–Crippen LogP) is 4.67. The molecule has 1 unspecified atom stereocenters. The van der Waals surface area contributed by atoms with Crippen molar-refractivity contribution in [3.05, 3.63) is 23.8 Å². The number of alkyl halides is 1. The first-order chi connectivity index (χ1) is 10.8. The van der Waals surface area contributed by atoms with Gasteiger partial charge >= 0.3 is 0 Å². The fourth-order valence-electron chi connectivity index (χ4n) is 2.09. The Labute approximate surface area is 147 Å². The van der Waals surface area contributed by atoms with Gasteiger partial charge in [0.25, 0.3) is 0 Å². The van der Waals surface area contributed by atoms with Crippen LogP contribution in [0.1, 0.15) is 51.4 Å². The van der Waals surface area contributed by atoms with Crippen molar-refractivity contribution in [3.8, 4) is 5.75 Å². The highest BCUT2D eigenvalue weighted by atomic mass is 79.9. The van der Waals surface area contributed by atoms with Crippen molar-refractivity contribution in [2.45, 2.75) is 45.9 Å². The highest BCUT2D eigenvalue weighted by Gasteiger charge is 2.21. The molecular formula is C18H26BrNO3. The first-order valence-corrected chi connectivity index (χ1v) is 8.92. The molecule has 5 heteroatoms. The van der Waals surface area contributed by atoms with Crippen LogP contribution in [-0.2, 0) is 4.79 Å². The number of amides is 1. The Morgan fingerprint density at radius 2 is 1.87 bits per heavy atom. The van der Waals surface area contributed by atoms with E-state index in [1.807, 2.05) is 34.6 Å². The minimum absolute atomic E-state index is 0.0148. The molecule has 0 heterocycles. The van der Waals surface area contributed by atoms with Crippen molar-refractivity contribution >= 4 is 33.3 Å². The zero-order valence-electron chi connectivity index (χ0n) is 14.5. The maximum absolute atomic E-state index is 12.4. The first kappa shape index (κ1) is 19.7. The summed E-state index contributed by atoms with van der Waals surface area (Å²) in [6.07, 6.45) is 0.447. The van der Waals surface area contributed by atoms with E-state index in [0.29, 0.717) is 30.0 Å². The number of ketones is 1. The van der Waals surface area contributed by atoms with Gasteiger partial charge in [0, 0.05) is 12.0 Å². The molecule has 1 aromatic rings. The molecule has 0 aromatic heterocycles. The van der Waals surface area contributed by atoms with E-state index < -0.39 is 0 Å². The second kappa shape index (κ2) is 9.06. The summed E-state index contributed by atoms with van der Waals surface area (Å²) < 4.78 is 5.59. The first-order valence-electron chi connectivity index (χ1n) is 8.01. The molecule has 0 aliphatic heterocycles. The Morgan fingerprint density at radius 1 is 1.22 bits per heavy atom. The SMILES string of the molecule is CCOc1cc(C(=O)C(Br)C(C)C)ccc1NC(=O)CC(C)C. The predicted molar refractivity (Wildman–Crippen MR) is 97.6 cm³/mol. The third kappa shape index (κ3) is 5.98. The lowest BCUT2D eigenvalue weighted by Crippen LogP contribution is -2.20. The van der Waals surface area contributed by atoms with Crippen molar-refractivity contribution in [1.29, 1.82) is 0 Å². The zero-order valence-corrected chi connectivity index (χ0v) is 16.1. The van der Waals surface area contributed by atoms with Crippen molar-refractivity contribution in [2.24, 2.45) is 11.8 Å². The van der Waals surface area contributed by atoms with Crippen LogP contribution < -0.4 is 10.1 Å². The molecule has 0 aliphatic carbocycles. The number of Topliss-reactive ketones (excluding diaryl/α,β-unsaturated/α-hetero) is 1.